The molecule has 2 N–H and O–H groups in total. The Hall–Kier alpha value is -0.870. The zero-order chi connectivity index (χ0) is 10.1. The number of fused-ring (bicyclic) bond motifs is 1. The smallest absolute Gasteiger partial charge is 0.0995 e. The maximum absolute atomic E-state index is 5.75. The lowest BCUT2D eigenvalue weighted by molar-refractivity contribution is 0.729. The minimum atomic E-state index is 0.150. The van der Waals surface area contributed by atoms with Gasteiger partial charge >= 0.3 is 0 Å². The van der Waals surface area contributed by atoms with Crippen molar-refractivity contribution in [1.29, 1.82) is 0 Å². The lowest BCUT2D eigenvalue weighted by atomic mass is 10.2. The first-order valence-electron chi connectivity index (χ1n) is 4.53. The minimum Gasteiger partial charge on any atom is -0.328 e. The third-order valence-electron chi connectivity index (χ3n) is 2.09. The van der Waals surface area contributed by atoms with Crippen LogP contribution in [0, 0.1) is 0 Å². The van der Waals surface area contributed by atoms with E-state index in [4.69, 9.17) is 5.73 Å². The highest BCUT2D eigenvalue weighted by Gasteiger charge is 2.06. The second-order valence-corrected chi connectivity index (χ2v) is 4.43. The fourth-order valence-corrected chi connectivity index (χ4v) is 1.84. The third-order valence-corrected chi connectivity index (χ3v) is 2.56. The van der Waals surface area contributed by atoms with Crippen molar-refractivity contribution in [3.8, 4) is 0 Å². The first-order valence-corrected chi connectivity index (χ1v) is 5.33. The van der Waals surface area contributed by atoms with Crippen LogP contribution < -0.4 is 5.73 Å². The fraction of sp³-hybridized carbons (Fsp3) is 0.300. The highest BCUT2D eigenvalue weighted by atomic mass is 79.9. The molecule has 0 radical (unpaired) electrons. The van der Waals surface area contributed by atoms with E-state index in [1.54, 1.807) is 0 Å². The van der Waals surface area contributed by atoms with Gasteiger partial charge in [0.25, 0.3) is 0 Å². The molecule has 0 aliphatic carbocycles. The molecule has 4 heteroatoms. The summed E-state index contributed by atoms with van der Waals surface area (Å²) >= 11 is 3.42. The van der Waals surface area contributed by atoms with E-state index in [1.165, 1.54) is 0 Å². The highest BCUT2D eigenvalue weighted by molar-refractivity contribution is 9.10. The Labute approximate surface area is 91.1 Å². The van der Waals surface area contributed by atoms with Gasteiger partial charge in [-0.05, 0) is 35.0 Å². The standard InChI is InChI=1S/C10H12BrN3/c1-7(12)4-9-10-3-2-8(11)5-14(10)6-13-9/h2-3,5-7H,4,12H2,1H3. The van der Waals surface area contributed by atoms with Gasteiger partial charge in [0.2, 0.25) is 0 Å². The summed E-state index contributed by atoms with van der Waals surface area (Å²) in [5.41, 5.74) is 7.94. The summed E-state index contributed by atoms with van der Waals surface area (Å²) in [7, 11) is 0. The van der Waals surface area contributed by atoms with Crippen LogP contribution in [-0.4, -0.2) is 15.4 Å². The van der Waals surface area contributed by atoms with E-state index < -0.39 is 0 Å². The van der Waals surface area contributed by atoms with Crippen LogP contribution in [0.1, 0.15) is 12.6 Å². The van der Waals surface area contributed by atoms with Crippen LogP contribution in [-0.2, 0) is 6.42 Å². The van der Waals surface area contributed by atoms with Gasteiger partial charge in [-0.1, -0.05) is 0 Å². The van der Waals surface area contributed by atoms with Gasteiger partial charge in [-0.3, -0.25) is 0 Å². The lowest BCUT2D eigenvalue weighted by Crippen LogP contribution is -2.18. The topological polar surface area (TPSA) is 43.3 Å². The number of nitrogens with two attached hydrogens (primary N) is 1. The molecule has 0 bridgehead atoms. The molecule has 0 aromatic carbocycles. The molecule has 2 rings (SSSR count). The van der Waals surface area contributed by atoms with Crippen molar-refractivity contribution < 1.29 is 0 Å². The monoisotopic (exact) mass is 253 g/mol. The quantitative estimate of drug-likeness (QED) is 0.890. The molecule has 74 valence electrons. The summed E-state index contributed by atoms with van der Waals surface area (Å²) in [5, 5.41) is 0. The van der Waals surface area contributed by atoms with Crippen molar-refractivity contribution in [2.75, 3.05) is 0 Å². The normalized spacial score (nSPS) is 13.4. The summed E-state index contributed by atoms with van der Waals surface area (Å²) < 4.78 is 3.05. The molecule has 1 atom stereocenters. The molecule has 0 saturated carbocycles. The van der Waals surface area contributed by atoms with Crippen molar-refractivity contribution in [2.45, 2.75) is 19.4 Å². The maximum Gasteiger partial charge on any atom is 0.0995 e. The zero-order valence-corrected chi connectivity index (χ0v) is 9.53. The largest absolute Gasteiger partial charge is 0.328 e. The van der Waals surface area contributed by atoms with Gasteiger partial charge in [-0.25, -0.2) is 4.98 Å². The number of rotatable bonds is 2. The van der Waals surface area contributed by atoms with Crippen molar-refractivity contribution in [3.05, 3.63) is 34.8 Å². The molecule has 0 aliphatic rings. The Morgan fingerprint density at radius 2 is 2.36 bits per heavy atom. The van der Waals surface area contributed by atoms with Crippen LogP contribution in [0.4, 0.5) is 0 Å². The van der Waals surface area contributed by atoms with Gasteiger partial charge in [0.05, 0.1) is 17.5 Å². The molecular weight excluding hydrogens is 242 g/mol. The molecule has 2 heterocycles. The van der Waals surface area contributed by atoms with E-state index in [0.29, 0.717) is 0 Å². The second-order valence-electron chi connectivity index (χ2n) is 3.51. The number of halogens is 1. The van der Waals surface area contributed by atoms with Crippen molar-refractivity contribution in [2.24, 2.45) is 5.73 Å². The maximum atomic E-state index is 5.75. The van der Waals surface area contributed by atoms with Crippen LogP contribution >= 0.6 is 15.9 Å². The molecular formula is C10H12BrN3. The summed E-state index contributed by atoms with van der Waals surface area (Å²) in [5.74, 6) is 0. The molecule has 0 spiro atoms. The summed E-state index contributed by atoms with van der Waals surface area (Å²) in [6.45, 7) is 1.99. The van der Waals surface area contributed by atoms with Gasteiger partial charge in [-0.2, -0.15) is 0 Å². The van der Waals surface area contributed by atoms with Gasteiger partial charge in [0.1, 0.15) is 0 Å². The fourth-order valence-electron chi connectivity index (χ4n) is 1.49. The van der Waals surface area contributed by atoms with Crippen molar-refractivity contribution in [3.63, 3.8) is 0 Å². The van der Waals surface area contributed by atoms with Crippen LogP contribution in [0.2, 0.25) is 0 Å². The van der Waals surface area contributed by atoms with Crippen LogP contribution in [0.5, 0.6) is 0 Å². The predicted molar refractivity (Wildman–Crippen MR) is 60.2 cm³/mol. The Balaban J connectivity index is 2.47. The van der Waals surface area contributed by atoms with E-state index >= 15 is 0 Å². The van der Waals surface area contributed by atoms with Crippen molar-refractivity contribution >= 4 is 21.4 Å². The first kappa shape index (κ1) is 9.68. The number of aromatic nitrogens is 2. The molecule has 0 saturated heterocycles. The van der Waals surface area contributed by atoms with E-state index in [-0.39, 0.29) is 6.04 Å². The molecule has 0 aliphatic heterocycles. The highest BCUT2D eigenvalue weighted by Crippen LogP contribution is 2.15. The SMILES string of the molecule is CC(N)Cc1ncn2cc(Br)ccc12. The molecule has 3 nitrogen and oxygen atoms in total. The van der Waals surface area contributed by atoms with E-state index in [1.807, 2.05) is 29.9 Å². The molecule has 1 unspecified atom stereocenters. The average molecular weight is 254 g/mol. The first-order chi connectivity index (χ1) is 6.66. The lowest BCUT2D eigenvalue weighted by Gasteiger charge is -2.02. The molecule has 2 aromatic rings. The Morgan fingerprint density at radius 1 is 1.57 bits per heavy atom. The van der Waals surface area contributed by atoms with Crippen LogP contribution in [0.25, 0.3) is 5.52 Å². The molecule has 2 aromatic heterocycles. The number of hydrogen-bond acceptors (Lipinski definition) is 2. The molecule has 0 amide bonds. The molecule has 0 fully saturated rings. The number of nitrogens with zero attached hydrogens (tertiary/aromatic N) is 2. The minimum absolute atomic E-state index is 0.150. The Morgan fingerprint density at radius 3 is 3.07 bits per heavy atom. The van der Waals surface area contributed by atoms with Crippen LogP contribution in [0.15, 0.2) is 29.1 Å². The number of imidazole rings is 1. The molecule has 14 heavy (non-hydrogen) atoms. The summed E-state index contributed by atoms with van der Waals surface area (Å²) in [6, 6.07) is 4.22. The summed E-state index contributed by atoms with van der Waals surface area (Å²) in [6.07, 6.45) is 4.63. The Bertz CT molecular complexity index is 448. The summed E-state index contributed by atoms with van der Waals surface area (Å²) in [4.78, 5) is 4.34. The van der Waals surface area contributed by atoms with Crippen molar-refractivity contribution in [1.82, 2.24) is 9.38 Å². The second kappa shape index (κ2) is 3.71. The number of pyridine rings is 1. The van der Waals surface area contributed by atoms with Gasteiger partial charge in [0.15, 0.2) is 0 Å². The van der Waals surface area contributed by atoms with E-state index in [9.17, 15) is 0 Å². The number of hydrogen-bond donors (Lipinski definition) is 1. The van der Waals surface area contributed by atoms with Gasteiger partial charge in [0, 0.05) is 23.1 Å². The third kappa shape index (κ3) is 1.81. The van der Waals surface area contributed by atoms with E-state index in [0.717, 1.165) is 22.1 Å². The van der Waals surface area contributed by atoms with E-state index in [2.05, 4.69) is 27.0 Å². The van der Waals surface area contributed by atoms with Gasteiger partial charge in [-0.15, -0.1) is 0 Å². The zero-order valence-electron chi connectivity index (χ0n) is 7.94. The Kier molecular flexibility index (Phi) is 2.56. The average Bonchev–Trinajstić information content (AvgIpc) is 2.47. The predicted octanol–water partition coefficient (Wildman–Crippen LogP) is 1.99. The van der Waals surface area contributed by atoms with Crippen LogP contribution in [0.3, 0.4) is 0 Å². The van der Waals surface area contributed by atoms with Gasteiger partial charge < -0.3 is 10.1 Å².